The molecule has 0 saturated heterocycles. The van der Waals surface area contributed by atoms with Gasteiger partial charge in [-0.25, -0.2) is 0 Å². The maximum absolute atomic E-state index is 13.3. The molecule has 0 spiro atoms. The Morgan fingerprint density at radius 3 is 2.57 bits per heavy atom. The number of rotatable bonds is 5. The highest BCUT2D eigenvalue weighted by Crippen LogP contribution is 2.53. The fraction of sp³-hybridized carbons (Fsp3) is 0.455. The summed E-state index contributed by atoms with van der Waals surface area (Å²) in [4.78, 5) is 0. The summed E-state index contributed by atoms with van der Waals surface area (Å²) in [5.41, 5.74) is 2.17. The third-order valence-electron chi connectivity index (χ3n) is 6.06. The average molecular weight is 390 g/mol. The Morgan fingerprint density at radius 1 is 1.07 bits per heavy atom. The third-order valence-corrected chi connectivity index (χ3v) is 6.06. The number of anilines is 1. The van der Waals surface area contributed by atoms with Crippen molar-refractivity contribution in [1.82, 2.24) is 5.32 Å². The second-order valence-corrected chi connectivity index (χ2v) is 7.80. The van der Waals surface area contributed by atoms with Crippen LogP contribution in [0.4, 0.5) is 18.9 Å². The molecule has 1 saturated carbocycles. The summed E-state index contributed by atoms with van der Waals surface area (Å²) in [5.74, 6) is 0.306. The van der Waals surface area contributed by atoms with Gasteiger partial charge in [0.25, 0.3) is 0 Å². The van der Waals surface area contributed by atoms with Gasteiger partial charge in [-0.15, -0.1) is 0 Å². The van der Waals surface area contributed by atoms with Gasteiger partial charge in [0.2, 0.25) is 0 Å². The first-order chi connectivity index (χ1) is 13.5. The Hall–Kier alpha value is -2.05. The lowest BCUT2D eigenvalue weighted by atomic mass is 9.77. The lowest BCUT2D eigenvalue weighted by molar-refractivity contribution is -0.137. The normalized spacial score (nSPS) is 26.4. The second kappa shape index (κ2) is 7.76. The molecule has 4 rings (SSSR count). The van der Waals surface area contributed by atoms with E-state index in [1.54, 1.807) is 6.07 Å². The van der Waals surface area contributed by atoms with E-state index >= 15 is 0 Å². The molecule has 0 radical (unpaired) electrons. The van der Waals surface area contributed by atoms with Crippen LogP contribution in [0.1, 0.15) is 47.9 Å². The summed E-state index contributed by atoms with van der Waals surface area (Å²) in [7, 11) is 0. The van der Waals surface area contributed by atoms with Crippen molar-refractivity contribution in [2.75, 3.05) is 18.5 Å². The summed E-state index contributed by atoms with van der Waals surface area (Å²) in [5, 5.41) is 16.0. The van der Waals surface area contributed by atoms with Crippen LogP contribution in [-0.4, -0.2) is 24.3 Å². The van der Waals surface area contributed by atoms with Crippen LogP contribution in [0.3, 0.4) is 0 Å². The van der Waals surface area contributed by atoms with Gasteiger partial charge < -0.3 is 15.7 Å². The number of hydrogen-bond donors (Lipinski definition) is 3. The highest BCUT2D eigenvalue weighted by Gasteiger charge is 2.45. The van der Waals surface area contributed by atoms with E-state index in [4.69, 9.17) is 5.11 Å². The molecule has 1 aliphatic carbocycles. The minimum Gasteiger partial charge on any atom is -0.396 e. The number of benzene rings is 2. The van der Waals surface area contributed by atoms with E-state index in [-0.39, 0.29) is 30.5 Å². The quantitative estimate of drug-likeness (QED) is 0.648. The first kappa shape index (κ1) is 19.3. The van der Waals surface area contributed by atoms with Crippen molar-refractivity contribution >= 4 is 5.69 Å². The molecule has 2 aromatic carbocycles. The second-order valence-electron chi connectivity index (χ2n) is 7.80. The molecule has 3 nitrogen and oxygen atoms in total. The highest BCUT2D eigenvalue weighted by molar-refractivity contribution is 5.59. The van der Waals surface area contributed by atoms with Crippen molar-refractivity contribution in [3.05, 3.63) is 65.2 Å². The number of fused-ring (bicyclic) bond motifs is 3. The fourth-order valence-electron chi connectivity index (χ4n) is 4.79. The van der Waals surface area contributed by atoms with Crippen LogP contribution >= 0.6 is 0 Å². The molecule has 150 valence electrons. The van der Waals surface area contributed by atoms with Crippen molar-refractivity contribution in [3.8, 4) is 0 Å². The Morgan fingerprint density at radius 2 is 1.86 bits per heavy atom. The van der Waals surface area contributed by atoms with E-state index in [0.29, 0.717) is 6.42 Å². The first-order valence-corrected chi connectivity index (χ1v) is 9.84. The summed E-state index contributed by atoms with van der Waals surface area (Å²) in [6.07, 6.45) is -1.94. The van der Waals surface area contributed by atoms with Crippen LogP contribution in [-0.2, 0) is 6.18 Å². The maximum atomic E-state index is 13.3. The van der Waals surface area contributed by atoms with Crippen LogP contribution < -0.4 is 10.6 Å². The summed E-state index contributed by atoms with van der Waals surface area (Å²) < 4.78 is 39.8. The van der Waals surface area contributed by atoms with Crippen molar-refractivity contribution in [2.24, 2.45) is 5.92 Å². The molecule has 6 heteroatoms. The van der Waals surface area contributed by atoms with Gasteiger partial charge in [-0.05, 0) is 67.0 Å². The number of halogens is 3. The first-order valence-electron chi connectivity index (χ1n) is 9.84. The molecule has 1 aliphatic heterocycles. The molecule has 3 N–H and O–H groups in total. The topological polar surface area (TPSA) is 44.3 Å². The van der Waals surface area contributed by atoms with E-state index < -0.39 is 11.7 Å². The van der Waals surface area contributed by atoms with Gasteiger partial charge >= 0.3 is 6.18 Å². The number of hydrogen-bond acceptors (Lipinski definition) is 3. The zero-order valence-corrected chi connectivity index (χ0v) is 15.5. The van der Waals surface area contributed by atoms with Crippen molar-refractivity contribution in [2.45, 2.75) is 43.4 Å². The number of alkyl halides is 3. The maximum Gasteiger partial charge on any atom is 0.416 e. The van der Waals surface area contributed by atoms with Crippen LogP contribution in [0.15, 0.2) is 48.5 Å². The molecule has 0 aromatic heterocycles. The van der Waals surface area contributed by atoms with Crippen molar-refractivity contribution in [3.63, 3.8) is 0 Å². The number of nitrogens with one attached hydrogen (secondary N) is 2. The molecule has 4 atom stereocenters. The van der Waals surface area contributed by atoms with Crippen LogP contribution in [0.25, 0.3) is 0 Å². The van der Waals surface area contributed by atoms with Gasteiger partial charge in [0.15, 0.2) is 0 Å². The van der Waals surface area contributed by atoms with Gasteiger partial charge in [0.1, 0.15) is 0 Å². The molecule has 2 aliphatic rings. The lowest BCUT2D eigenvalue weighted by Crippen LogP contribution is -2.30. The lowest BCUT2D eigenvalue weighted by Gasteiger charge is -2.38. The van der Waals surface area contributed by atoms with E-state index in [0.717, 1.165) is 30.6 Å². The Labute approximate surface area is 163 Å². The van der Waals surface area contributed by atoms with E-state index in [1.165, 1.54) is 17.7 Å². The molecular weight excluding hydrogens is 365 g/mol. The standard InChI is InChI=1S/C22H25F3N2O/c23-22(24,25)15-7-8-20-18(11-15)17-12-16(26-9-4-10-28)13-19(17)21(27-20)14-5-2-1-3-6-14/h1-3,5-8,11,16-17,19,21,26-28H,4,9-10,12-13H2/t16-,17?,19+,21-/m0/s1. The SMILES string of the molecule is OCCCN[C@H]1CC2c3cc(C(F)(F)F)ccc3N[C@@H](c3ccccc3)[C@@H]2C1. The van der Waals surface area contributed by atoms with Gasteiger partial charge in [-0.1, -0.05) is 30.3 Å². The van der Waals surface area contributed by atoms with Crippen LogP contribution in [0.2, 0.25) is 0 Å². The molecule has 0 amide bonds. The molecule has 1 heterocycles. The molecule has 1 fully saturated rings. The Balaban J connectivity index is 1.67. The summed E-state index contributed by atoms with van der Waals surface area (Å²) in [6, 6.07) is 14.5. The Bertz CT molecular complexity index is 809. The largest absolute Gasteiger partial charge is 0.416 e. The van der Waals surface area contributed by atoms with Gasteiger partial charge in [-0.2, -0.15) is 13.2 Å². The molecule has 2 aromatic rings. The number of aliphatic hydroxyl groups is 1. The van der Waals surface area contributed by atoms with E-state index in [9.17, 15) is 13.2 Å². The predicted octanol–water partition coefficient (Wildman–Crippen LogP) is 4.71. The summed E-state index contributed by atoms with van der Waals surface area (Å²) >= 11 is 0. The van der Waals surface area contributed by atoms with Crippen LogP contribution in [0, 0.1) is 5.92 Å². The molecule has 28 heavy (non-hydrogen) atoms. The molecule has 0 bridgehead atoms. The monoisotopic (exact) mass is 390 g/mol. The zero-order chi connectivity index (χ0) is 19.7. The average Bonchev–Trinajstić information content (AvgIpc) is 3.11. The van der Waals surface area contributed by atoms with Crippen molar-refractivity contribution < 1.29 is 18.3 Å². The number of aliphatic hydroxyl groups excluding tert-OH is 1. The van der Waals surface area contributed by atoms with E-state index in [2.05, 4.69) is 22.8 Å². The molecule has 1 unspecified atom stereocenters. The Kier molecular flexibility index (Phi) is 5.34. The zero-order valence-electron chi connectivity index (χ0n) is 15.5. The minimum absolute atomic E-state index is 0.0791. The van der Waals surface area contributed by atoms with Gasteiger partial charge in [-0.3, -0.25) is 0 Å². The predicted molar refractivity (Wildman–Crippen MR) is 103 cm³/mol. The van der Waals surface area contributed by atoms with Gasteiger partial charge in [0.05, 0.1) is 11.6 Å². The third kappa shape index (κ3) is 3.76. The molecular formula is C22H25F3N2O. The van der Waals surface area contributed by atoms with Crippen LogP contribution in [0.5, 0.6) is 0 Å². The highest BCUT2D eigenvalue weighted by atomic mass is 19.4. The summed E-state index contributed by atoms with van der Waals surface area (Å²) in [6.45, 7) is 0.859. The minimum atomic E-state index is -4.34. The fourth-order valence-corrected chi connectivity index (χ4v) is 4.79. The smallest absolute Gasteiger partial charge is 0.396 e. The van der Waals surface area contributed by atoms with Gasteiger partial charge in [0, 0.05) is 18.3 Å². The van der Waals surface area contributed by atoms with Crippen molar-refractivity contribution in [1.29, 1.82) is 0 Å². The van der Waals surface area contributed by atoms with E-state index in [1.807, 2.05) is 18.2 Å².